The Balaban J connectivity index is 2.90. The zero-order valence-electron chi connectivity index (χ0n) is 11.7. The maximum Gasteiger partial charge on any atom is 0.122 e. The van der Waals surface area contributed by atoms with Crippen LogP contribution in [0, 0.1) is 13.8 Å². The summed E-state index contributed by atoms with van der Waals surface area (Å²) in [6.07, 6.45) is 6.75. The van der Waals surface area contributed by atoms with Crippen molar-refractivity contribution in [3.8, 4) is 5.75 Å². The molecule has 0 bridgehead atoms. The number of ether oxygens (including phenoxy) is 1. The van der Waals surface area contributed by atoms with Gasteiger partial charge in [-0.1, -0.05) is 32.1 Å². The van der Waals surface area contributed by atoms with E-state index in [4.69, 9.17) is 4.74 Å². The van der Waals surface area contributed by atoms with E-state index in [0.29, 0.717) is 5.92 Å². The normalized spacial score (nSPS) is 13.0. The molecule has 1 unspecified atom stereocenters. The third kappa shape index (κ3) is 3.62. The topological polar surface area (TPSA) is 9.23 Å². The van der Waals surface area contributed by atoms with Crippen LogP contribution in [0.1, 0.15) is 49.3 Å². The van der Waals surface area contributed by atoms with Crippen LogP contribution in [0.5, 0.6) is 5.75 Å². The molecule has 0 fully saturated rings. The van der Waals surface area contributed by atoms with Gasteiger partial charge in [0.1, 0.15) is 5.75 Å². The van der Waals surface area contributed by atoms with Gasteiger partial charge in [0.05, 0.1) is 7.11 Å². The molecule has 0 saturated carbocycles. The summed E-state index contributed by atoms with van der Waals surface area (Å²) in [5.74, 6) is 1.56. The lowest BCUT2D eigenvalue weighted by Crippen LogP contribution is -1.98. The number of methoxy groups -OCH3 is 1. The Bertz CT molecular complexity index is 391. The highest BCUT2D eigenvalue weighted by atomic mass is 16.5. The molecule has 1 aromatic carbocycles. The second-order valence-corrected chi connectivity index (χ2v) is 4.69. The monoisotopic (exact) mass is 232 g/mol. The van der Waals surface area contributed by atoms with Crippen LogP contribution in [0.4, 0.5) is 0 Å². The smallest absolute Gasteiger partial charge is 0.122 e. The van der Waals surface area contributed by atoms with E-state index in [1.807, 2.05) is 0 Å². The Morgan fingerprint density at radius 1 is 1.18 bits per heavy atom. The Morgan fingerprint density at radius 2 is 1.88 bits per heavy atom. The van der Waals surface area contributed by atoms with Crippen LogP contribution >= 0.6 is 0 Å². The fourth-order valence-corrected chi connectivity index (χ4v) is 2.16. The van der Waals surface area contributed by atoms with Gasteiger partial charge in [0.15, 0.2) is 0 Å². The van der Waals surface area contributed by atoms with E-state index in [2.05, 4.69) is 52.0 Å². The molecule has 0 aliphatic heterocycles. The van der Waals surface area contributed by atoms with Crippen molar-refractivity contribution in [3.05, 3.63) is 41.0 Å². The molecule has 17 heavy (non-hydrogen) atoms. The van der Waals surface area contributed by atoms with Crippen LogP contribution in [-0.2, 0) is 0 Å². The first kappa shape index (κ1) is 13.8. The van der Waals surface area contributed by atoms with E-state index in [1.54, 1.807) is 7.11 Å². The SMILES string of the molecule is CC/C=C\CC(C)c1cc(C)c(OC)cc1C. The highest BCUT2D eigenvalue weighted by Gasteiger charge is 2.10. The molecule has 1 rings (SSSR count). The van der Waals surface area contributed by atoms with E-state index < -0.39 is 0 Å². The summed E-state index contributed by atoms with van der Waals surface area (Å²) in [6, 6.07) is 4.41. The average molecular weight is 232 g/mol. The number of aryl methyl sites for hydroxylation is 2. The fraction of sp³-hybridized carbons (Fsp3) is 0.500. The molecule has 94 valence electrons. The van der Waals surface area contributed by atoms with Gasteiger partial charge in [0.25, 0.3) is 0 Å². The minimum atomic E-state index is 0.572. The second kappa shape index (κ2) is 6.48. The predicted octanol–water partition coefficient (Wildman–Crippen LogP) is 4.77. The summed E-state index contributed by atoms with van der Waals surface area (Å²) in [7, 11) is 1.73. The van der Waals surface area contributed by atoms with Crippen LogP contribution in [-0.4, -0.2) is 7.11 Å². The zero-order valence-corrected chi connectivity index (χ0v) is 11.7. The Kier molecular flexibility index (Phi) is 5.27. The molecule has 0 radical (unpaired) electrons. The molecule has 0 aliphatic carbocycles. The maximum absolute atomic E-state index is 5.35. The molecule has 0 aromatic heterocycles. The lowest BCUT2D eigenvalue weighted by molar-refractivity contribution is 0.411. The van der Waals surface area contributed by atoms with Gasteiger partial charge in [-0.25, -0.2) is 0 Å². The van der Waals surface area contributed by atoms with Crippen molar-refractivity contribution in [2.24, 2.45) is 0 Å². The molecular formula is C16H24O. The summed E-state index contributed by atoms with van der Waals surface area (Å²) < 4.78 is 5.35. The fourth-order valence-electron chi connectivity index (χ4n) is 2.16. The lowest BCUT2D eigenvalue weighted by atomic mass is 9.91. The van der Waals surface area contributed by atoms with Gasteiger partial charge >= 0.3 is 0 Å². The molecule has 1 aromatic rings. The molecule has 0 aliphatic rings. The minimum absolute atomic E-state index is 0.572. The van der Waals surface area contributed by atoms with Crippen molar-refractivity contribution in [1.29, 1.82) is 0 Å². The molecule has 0 spiro atoms. The average Bonchev–Trinajstić information content (AvgIpc) is 2.31. The van der Waals surface area contributed by atoms with Crippen molar-refractivity contribution in [2.45, 2.75) is 46.5 Å². The summed E-state index contributed by atoms with van der Waals surface area (Å²) in [5, 5.41) is 0. The zero-order chi connectivity index (χ0) is 12.8. The quantitative estimate of drug-likeness (QED) is 0.664. The van der Waals surface area contributed by atoms with Crippen LogP contribution < -0.4 is 4.74 Å². The van der Waals surface area contributed by atoms with Crippen LogP contribution in [0.3, 0.4) is 0 Å². The van der Waals surface area contributed by atoms with Crippen molar-refractivity contribution < 1.29 is 4.74 Å². The van der Waals surface area contributed by atoms with E-state index in [9.17, 15) is 0 Å². The van der Waals surface area contributed by atoms with Crippen LogP contribution in [0.15, 0.2) is 24.3 Å². The van der Waals surface area contributed by atoms with Crippen molar-refractivity contribution in [3.63, 3.8) is 0 Å². The Labute approximate surface area is 106 Å². The summed E-state index contributed by atoms with van der Waals surface area (Å²) in [5.41, 5.74) is 3.98. The third-order valence-electron chi connectivity index (χ3n) is 3.21. The summed E-state index contributed by atoms with van der Waals surface area (Å²) in [6.45, 7) is 8.73. The number of hydrogen-bond acceptors (Lipinski definition) is 1. The highest BCUT2D eigenvalue weighted by molar-refractivity contribution is 5.43. The van der Waals surface area contributed by atoms with E-state index >= 15 is 0 Å². The van der Waals surface area contributed by atoms with E-state index in [1.165, 1.54) is 16.7 Å². The molecular weight excluding hydrogens is 208 g/mol. The molecule has 0 heterocycles. The first-order valence-electron chi connectivity index (χ1n) is 6.40. The molecule has 1 atom stereocenters. The third-order valence-corrected chi connectivity index (χ3v) is 3.21. The molecule has 0 amide bonds. The summed E-state index contributed by atoms with van der Waals surface area (Å²) in [4.78, 5) is 0. The Hall–Kier alpha value is -1.24. The predicted molar refractivity (Wildman–Crippen MR) is 74.9 cm³/mol. The largest absolute Gasteiger partial charge is 0.496 e. The van der Waals surface area contributed by atoms with E-state index in [0.717, 1.165) is 18.6 Å². The van der Waals surface area contributed by atoms with Crippen LogP contribution in [0.25, 0.3) is 0 Å². The van der Waals surface area contributed by atoms with Gasteiger partial charge in [-0.15, -0.1) is 0 Å². The maximum atomic E-state index is 5.35. The second-order valence-electron chi connectivity index (χ2n) is 4.69. The first-order chi connectivity index (χ1) is 8.10. The van der Waals surface area contributed by atoms with Gasteiger partial charge in [-0.05, 0) is 55.4 Å². The number of allylic oxidation sites excluding steroid dienone is 2. The van der Waals surface area contributed by atoms with Gasteiger partial charge in [-0.2, -0.15) is 0 Å². The molecule has 1 heteroatoms. The molecule has 1 nitrogen and oxygen atoms in total. The number of benzene rings is 1. The summed E-state index contributed by atoms with van der Waals surface area (Å²) >= 11 is 0. The van der Waals surface area contributed by atoms with Gasteiger partial charge in [0, 0.05) is 0 Å². The van der Waals surface area contributed by atoms with Crippen LogP contribution in [0.2, 0.25) is 0 Å². The molecule has 0 saturated heterocycles. The van der Waals surface area contributed by atoms with E-state index in [-0.39, 0.29) is 0 Å². The van der Waals surface area contributed by atoms with Gasteiger partial charge in [0.2, 0.25) is 0 Å². The van der Waals surface area contributed by atoms with Crippen molar-refractivity contribution >= 4 is 0 Å². The minimum Gasteiger partial charge on any atom is -0.496 e. The van der Waals surface area contributed by atoms with Crippen molar-refractivity contribution in [1.82, 2.24) is 0 Å². The standard InChI is InChI=1S/C16H24O/c1-6-7-8-9-12(2)15-10-14(4)16(17-5)11-13(15)3/h7-8,10-12H,6,9H2,1-5H3/b8-7-. The Morgan fingerprint density at radius 3 is 2.47 bits per heavy atom. The van der Waals surface area contributed by atoms with Gasteiger partial charge < -0.3 is 4.74 Å². The lowest BCUT2D eigenvalue weighted by Gasteiger charge is -2.16. The molecule has 0 N–H and O–H groups in total. The number of rotatable bonds is 5. The number of hydrogen-bond donors (Lipinski definition) is 0. The van der Waals surface area contributed by atoms with Gasteiger partial charge in [-0.3, -0.25) is 0 Å². The first-order valence-corrected chi connectivity index (χ1v) is 6.40. The highest BCUT2D eigenvalue weighted by Crippen LogP contribution is 2.29. The van der Waals surface area contributed by atoms with Crippen molar-refractivity contribution in [2.75, 3.05) is 7.11 Å².